The van der Waals surface area contributed by atoms with Gasteiger partial charge in [-0.15, -0.1) is 0 Å². The van der Waals surface area contributed by atoms with Gasteiger partial charge < -0.3 is 14.2 Å². The molecule has 110 valence electrons. The van der Waals surface area contributed by atoms with Crippen LogP contribution in [0.4, 0.5) is 0 Å². The second-order valence-corrected chi connectivity index (χ2v) is 6.82. The van der Waals surface area contributed by atoms with Crippen molar-refractivity contribution in [2.75, 3.05) is 13.2 Å². The van der Waals surface area contributed by atoms with E-state index in [-0.39, 0.29) is 11.9 Å². The van der Waals surface area contributed by atoms with Gasteiger partial charge in [0.05, 0.1) is 24.9 Å². The minimum Gasteiger partial charge on any atom is -0.371 e. The van der Waals surface area contributed by atoms with Crippen LogP contribution in [0.2, 0.25) is 0 Å². The molecule has 0 radical (unpaired) electrons. The van der Waals surface area contributed by atoms with Crippen LogP contribution in [0.3, 0.4) is 0 Å². The maximum absolute atomic E-state index is 6.64. The van der Waals surface area contributed by atoms with Crippen LogP contribution >= 0.6 is 0 Å². The Bertz CT molecular complexity index is 290. The van der Waals surface area contributed by atoms with E-state index >= 15 is 0 Å². The quantitative estimate of drug-likeness (QED) is 0.767. The summed E-state index contributed by atoms with van der Waals surface area (Å²) in [5.41, 5.74) is 0.0421. The first kappa shape index (κ1) is 13.8. The molecule has 0 bridgehead atoms. The summed E-state index contributed by atoms with van der Waals surface area (Å²) in [6.45, 7) is 6.07. The van der Waals surface area contributed by atoms with Crippen molar-refractivity contribution >= 4 is 0 Å². The van der Waals surface area contributed by atoms with Crippen molar-refractivity contribution in [1.82, 2.24) is 0 Å². The lowest BCUT2D eigenvalue weighted by Gasteiger charge is -2.51. The maximum atomic E-state index is 6.64. The number of rotatable bonds is 2. The zero-order valence-electron chi connectivity index (χ0n) is 12.4. The molecule has 2 atom stereocenters. The maximum Gasteiger partial charge on any atom is 0.163 e. The molecule has 3 nitrogen and oxygen atoms in total. The van der Waals surface area contributed by atoms with Gasteiger partial charge in [-0.25, -0.2) is 0 Å². The molecule has 2 saturated heterocycles. The molecule has 2 aliphatic heterocycles. The molecule has 0 aromatic rings. The minimum absolute atomic E-state index is 0.00814. The summed E-state index contributed by atoms with van der Waals surface area (Å²) < 4.78 is 18.3. The molecule has 0 aromatic heterocycles. The van der Waals surface area contributed by atoms with Gasteiger partial charge in [0.25, 0.3) is 0 Å². The van der Waals surface area contributed by atoms with Gasteiger partial charge in [-0.3, -0.25) is 0 Å². The van der Waals surface area contributed by atoms with Crippen molar-refractivity contribution in [3.63, 3.8) is 0 Å². The molecule has 19 heavy (non-hydrogen) atoms. The highest BCUT2D eigenvalue weighted by atomic mass is 16.7. The molecule has 0 amide bonds. The van der Waals surface area contributed by atoms with E-state index < -0.39 is 0 Å². The van der Waals surface area contributed by atoms with Crippen molar-refractivity contribution in [2.24, 2.45) is 11.8 Å². The lowest BCUT2D eigenvalue weighted by atomic mass is 9.70. The Morgan fingerprint density at radius 1 is 0.947 bits per heavy atom. The zero-order chi connectivity index (χ0) is 13.3. The molecule has 3 rings (SSSR count). The fourth-order valence-electron chi connectivity index (χ4n) is 4.16. The Morgan fingerprint density at radius 3 is 2.26 bits per heavy atom. The van der Waals surface area contributed by atoms with Crippen LogP contribution in [0, 0.1) is 11.8 Å². The summed E-state index contributed by atoms with van der Waals surface area (Å²) in [5.74, 6) is 1.07. The van der Waals surface area contributed by atoms with Gasteiger partial charge in [-0.05, 0) is 31.6 Å². The predicted molar refractivity (Wildman–Crippen MR) is 73.9 cm³/mol. The van der Waals surface area contributed by atoms with Gasteiger partial charge in [-0.2, -0.15) is 0 Å². The first-order valence-corrected chi connectivity index (χ1v) is 8.12. The molecular formula is C16H28O3. The first-order valence-electron chi connectivity index (χ1n) is 8.12. The smallest absolute Gasteiger partial charge is 0.163 e. The summed E-state index contributed by atoms with van der Waals surface area (Å²) in [5, 5.41) is 0. The van der Waals surface area contributed by atoms with E-state index in [9.17, 15) is 0 Å². The Kier molecular flexibility index (Phi) is 4.16. The molecule has 3 heteroatoms. The summed E-state index contributed by atoms with van der Waals surface area (Å²) in [6.07, 6.45) is 9.13. The summed E-state index contributed by atoms with van der Waals surface area (Å²) in [4.78, 5) is 0. The van der Waals surface area contributed by atoms with Crippen LogP contribution in [-0.4, -0.2) is 31.2 Å². The van der Waals surface area contributed by atoms with E-state index in [1.165, 1.54) is 38.5 Å². The van der Waals surface area contributed by atoms with E-state index in [4.69, 9.17) is 14.2 Å². The average molecular weight is 268 g/mol. The molecule has 1 aliphatic carbocycles. The summed E-state index contributed by atoms with van der Waals surface area (Å²) in [6, 6.07) is 0. The Labute approximate surface area is 117 Å². The van der Waals surface area contributed by atoms with Gasteiger partial charge in [0.1, 0.15) is 0 Å². The van der Waals surface area contributed by atoms with Crippen molar-refractivity contribution in [1.29, 1.82) is 0 Å². The lowest BCUT2D eigenvalue weighted by Crippen LogP contribution is -2.54. The fourth-order valence-corrected chi connectivity index (χ4v) is 4.16. The molecule has 2 heterocycles. The molecule has 0 aromatic carbocycles. The topological polar surface area (TPSA) is 27.7 Å². The molecule has 1 saturated carbocycles. The molecule has 3 aliphatic rings. The summed E-state index contributed by atoms with van der Waals surface area (Å²) in [7, 11) is 0. The normalized spacial score (nSPS) is 36.2. The Hall–Kier alpha value is -0.120. The fraction of sp³-hybridized carbons (Fsp3) is 1.00. The van der Waals surface area contributed by atoms with E-state index in [1.807, 2.05) is 0 Å². The van der Waals surface area contributed by atoms with Crippen molar-refractivity contribution in [3.8, 4) is 0 Å². The highest BCUT2D eigenvalue weighted by Gasteiger charge is 2.50. The minimum atomic E-state index is -0.00814. The number of ether oxygens (including phenoxy) is 3. The SMILES string of the molecule is CC(C)[C@H]1CC[C@H](C2OCCO2)C2(CCCCC2)O1. The van der Waals surface area contributed by atoms with Crippen molar-refractivity contribution < 1.29 is 14.2 Å². The second-order valence-electron chi connectivity index (χ2n) is 6.82. The molecule has 0 unspecified atom stereocenters. The highest BCUT2D eigenvalue weighted by molar-refractivity contribution is 4.97. The molecule has 1 spiro atoms. The van der Waals surface area contributed by atoms with Crippen LogP contribution in [0.25, 0.3) is 0 Å². The van der Waals surface area contributed by atoms with Crippen LogP contribution in [0.1, 0.15) is 58.8 Å². The van der Waals surface area contributed by atoms with Gasteiger partial charge in [0.2, 0.25) is 0 Å². The van der Waals surface area contributed by atoms with Gasteiger partial charge in [0, 0.05) is 5.92 Å². The standard InChI is InChI=1S/C16H28O3/c1-12(2)14-7-6-13(15-17-10-11-18-15)16(19-14)8-4-3-5-9-16/h12-15H,3-11H2,1-2H3/t13-,14-/m1/s1. The van der Waals surface area contributed by atoms with Crippen LogP contribution in [0.15, 0.2) is 0 Å². The molecule has 3 fully saturated rings. The van der Waals surface area contributed by atoms with Gasteiger partial charge in [0.15, 0.2) is 6.29 Å². The van der Waals surface area contributed by atoms with E-state index in [2.05, 4.69) is 13.8 Å². The zero-order valence-corrected chi connectivity index (χ0v) is 12.4. The lowest BCUT2D eigenvalue weighted by molar-refractivity contribution is -0.240. The predicted octanol–water partition coefficient (Wildman–Crippen LogP) is 3.51. The highest BCUT2D eigenvalue weighted by Crippen LogP contribution is 2.48. The van der Waals surface area contributed by atoms with Crippen LogP contribution in [-0.2, 0) is 14.2 Å². The van der Waals surface area contributed by atoms with E-state index in [0.717, 1.165) is 19.6 Å². The van der Waals surface area contributed by atoms with Crippen molar-refractivity contribution in [2.45, 2.75) is 76.8 Å². The number of hydrogen-bond donors (Lipinski definition) is 0. The van der Waals surface area contributed by atoms with Gasteiger partial charge >= 0.3 is 0 Å². The van der Waals surface area contributed by atoms with Crippen LogP contribution in [0.5, 0.6) is 0 Å². The van der Waals surface area contributed by atoms with Gasteiger partial charge in [-0.1, -0.05) is 33.1 Å². The number of hydrogen-bond acceptors (Lipinski definition) is 3. The molecular weight excluding hydrogens is 240 g/mol. The largest absolute Gasteiger partial charge is 0.371 e. The third kappa shape index (κ3) is 2.70. The summed E-state index contributed by atoms with van der Waals surface area (Å²) >= 11 is 0. The second kappa shape index (κ2) is 5.71. The first-order chi connectivity index (χ1) is 9.21. The molecule has 0 N–H and O–H groups in total. The third-order valence-corrected chi connectivity index (χ3v) is 5.24. The van der Waals surface area contributed by atoms with Crippen LogP contribution < -0.4 is 0 Å². The van der Waals surface area contributed by atoms with Crippen molar-refractivity contribution in [3.05, 3.63) is 0 Å². The third-order valence-electron chi connectivity index (χ3n) is 5.24. The average Bonchev–Trinajstić information content (AvgIpc) is 2.93. The Balaban J connectivity index is 1.77. The Morgan fingerprint density at radius 2 is 1.63 bits per heavy atom. The van der Waals surface area contributed by atoms with E-state index in [0.29, 0.717) is 17.9 Å². The van der Waals surface area contributed by atoms with E-state index in [1.54, 1.807) is 0 Å². The monoisotopic (exact) mass is 268 g/mol.